The molecule has 1 aliphatic heterocycles. The first kappa shape index (κ1) is 27.7. The number of nitrogen functional groups attached to an aromatic ring is 1. The van der Waals surface area contributed by atoms with Crippen molar-refractivity contribution in [3.8, 4) is 0 Å². The first-order valence-corrected chi connectivity index (χ1v) is 15.1. The van der Waals surface area contributed by atoms with Gasteiger partial charge < -0.3 is 25.4 Å². The molecule has 0 radical (unpaired) electrons. The molecule has 4 fully saturated rings. The Labute approximate surface area is 246 Å². The third-order valence-electron chi connectivity index (χ3n) is 11.4. The van der Waals surface area contributed by atoms with Crippen LogP contribution >= 0.6 is 0 Å². The SMILES string of the molecule is C[C@]12C=CC(=O)C=C1CC[C@@H]1[C@@H]2[C@@H](O)C[C@@]2(C)[C@H]1C[C@H]1O[C@H](c3ccc(Cc4cccc(N)c4)cc3)O[C@]12C(=O)CO. The van der Waals surface area contributed by atoms with Crippen LogP contribution in [0.2, 0.25) is 0 Å². The van der Waals surface area contributed by atoms with E-state index in [0.29, 0.717) is 12.8 Å². The van der Waals surface area contributed by atoms with Crippen LogP contribution in [0.3, 0.4) is 0 Å². The molecule has 42 heavy (non-hydrogen) atoms. The van der Waals surface area contributed by atoms with Crippen LogP contribution in [0.25, 0.3) is 0 Å². The average Bonchev–Trinajstić information content (AvgIpc) is 3.46. The van der Waals surface area contributed by atoms with Gasteiger partial charge in [0.1, 0.15) is 6.61 Å². The van der Waals surface area contributed by atoms with Gasteiger partial charge in [0.2, 0.25) is 0 Å². The maximum atomic E-state index is 13.7. The summed E-state index contributed by atoms with van der Waals surface area (Å²) in [5.41, 5.74) is 8.36. The van der Waals surface area contributed by atoms with Gasteiger partial charge in [-0.15, -0.1) is 0 Å². The summed E-state index contributed by atoms with van der Waals surface area (Å²) in [5, 5.41) is 22.0. The van der Waals surface area contributed by atoms with Crippen LogP contribution < -0.4 is 5.73 Å². The zero-order chi connectivity index (χ0) is 29.4. The second kappa shape index (κ2) is 9.71. The molecule has 7 nitrogen and oxygen atoms in total. The molecule has 7 heteroatoms. The number of Topliss-reactive ketones (excluding diaryl/α,β-unsaturated/α-hetero) is 1. The molecule has 7 rings (SSSR count). The number of ether oxygens (including phenoxy) is 2. The second-order valence-electron chi connectivity index (χ2n) is 13.5. The van der Waals surface area contributed by atoms with Gasteiger partial charge in [0, 0.05) is 28.0 Å². The van der Waals surface area contributed by atoms with E-state index in [0.717, 1.165) is 47.2 Å². The Morgan fingerprint density at radius 1 is 1.12 bits per heavy atom. The largest absolute Gasteiger partial charge is 0.399 e. The van der Waals surface area contributed by atoms with Crippen molar-refractivity contribution in [2.24, 2.45) is 28.6 Å². The van der Waals surface area contributed by atoms with Crippen LogP contribution in [-0.4, -0.2) is 46.2 Å². The lowest BCUT2D eigenvalue weighted by Crippen LogP contribution is -2.63. The van der Waals surface area contributed by atoms with Gasteiger partial charge in [0.25, 0.3) is 0 Å². The number of ketones is 2. The van der Waals surface area contributed by atoms with Gasteiger partial charge in [0.15, 0.2) is 23.5 Å². The normalized spacial score (nSPS) is 40.1. The molecule has 3 saturated carbocycles. The predicted octanol–water partition coefficient (Wildman–Crippen LogP) is 4.46. The van der Waals surface area contributed by atoms with Crippen LogP contribution in [-0.2, 0) is 25.5 Å². The molecule has 2 aromatic rings. The van der Waals surface area contributed by atoms with Crippen LogP contribution in [0.1, 0.15) is 62.5 Å². The monoisotopic (exact) mass is 569 g/mol. The lowest BCUT2D eigenvalue weighted by Gasteiger charge is -2.59. The summed E-state index contributed by atoms with van der Waals surface area (Å²) in [7, 11) is 0. The van der Waals surface area contributed by atoms with Crippen LogP contribution in [0.5, 0.6) is 0 Å². The quantitative estimate of drug-likeness (QED) is 0.455. The fourth-order valence-electron chi connectivity index (χ4n) is 9.57. The summed E-state index contributed by atoms with van der Waals surface area (Å²) in [6, 6.07) is 15.9. The highest BCUT2D eigenvalue weighted by Gasteiger charge is 2.75. The number of fused-ring (bicyclic) bond motifs is 7. The predicted molar refractivity (Wildman–Crippen MR) is 157 cm³/mol. The van der Waals surface area contributed by atoms with E-state index in [1.165, 1.54) is 0 Å². The maximum absolute atomic E-state index is 13.7. The van der Waals surface area contributed by atoms with Gasteiger partial charge in [-0.3, -0.25) is 9.59 Å². The molecule has 0 aromatic heterocycles. The number of aliphatic hydroxyl groups excluding tert-OH is 2. The van der Waals surface area contributed by atoms with E-state index < -0.39 is 41.5 Å². The number of benzene rings is 2. The number of hydrogen-bond donors (Lipinski definition) is 3. The molecule has 0 spiro atoms. The average molecular weight is 570 g/mol. The Morgan fingerprint density at radius 3 is 2.64 bits per heavy atom. The Kier molecular flexibility index (Phi) is 6.41. The van der Waals surface area contributed by atoms with Gasteiger partial charge in [-0.1, -0.05) is 61.9 Å². The van der Waals surface area contributed by atoms with Gasteiger partial charge in [0.05, 0.1) is 12.2 Å². The Hall–Kier alpha value is -3.10. The van der Waals surface area contributed by atoms with Gasteiger partial charge in [-0.25, -0.2) is 0 Å². The molecule has 4 aliphatic carbocycles. The van der Waals surface area contributed by atoms with E-state index in [1.54, 1.807) is 12.2 Å². The number of rotatable bonds is 5. The van der Waals surface area contributed by atoms with Gasteiger partial charge in [-0.2, -0.15) is 0 Å². The number of nitrogens with two attached hydrogens (primary N) is 1. The molecule has 1 saturated heterocycles. The minimum Gasteiger partial charge on any atom is -0.399 e. The van der Waals surface area contributed by atoms with E-state index >= 15 is 0 Å². The molecule has 1 heterocycles. The summed E-state index contributed by atoms with van der Waals surface area (Å²) in [6.45, 7) is 3.54. The zero-order valence-corrected chi connectivity index (χ0v) is 24.2. The minimum absolute atomic E-state index is 0.00425. The molecule has 2 aromatic carbocycles. The lowest BCUT2D eigenvalue weighted by atomic mass is 9.46. The molecular weight excluding hydrogens is 530 g/mol. The Bertz CT molecular complexity index is 1500. The molecule has 0 bridgehead atoms. The summed E-state index contributed by atoms with van der Waals surface area (Å²) >= 11 is 0. The Balaban J connectivity index is 1.18. The summed E-state index contributed by atoms with van der Waals surface area (Å²) < 4.78 is 13.3. The molecule has 0 amide bonds. The number of anilines is 1. The van der Waals surface area contributed by atoms with Crippen molar-refractivity contribution in [3.05, 3.63) is 89.0 Å². The third-order valence-corrected chi connectivity index (χ3v) is 11.4. The van der Waals surface area contributed by atoms with E-state index in [2.05, 4.69) is 13.8 Å². The summed E-state index contributed by atoms with van der Waals surface area (Å²) in [6.07, 6.45) is 6.73. The molecular formula is C35H39NO6. The highest BCUT2D eigenvalue weighted by molar-refractivity contribution is 6.01. The van der Waals surface area contributed by atoms with Gasteiger partial charge in [-0.05, 0) is 79.4 Å². The van der Waals surface area contributed by atoms with Crippen molar-refractivity contribution in [2.75, 3.05) is 12.3 Å². The molecule has 5 aliphatic rings. The standard InChI is InChI=1S/C35H39NO6/c1-33-13-12-25(38)16-23(33)10-11-26-27-17-30-35(29(40)19-37,34(27,2)18-28(39)31(26)33)42-32(41-30)22-8-6-20(7-9-22)14-21-4-3-5-24(36)15-21/h3-9,12-13,15-16,26-28,30-32,37,39H,10-11,14,17-19,36H2,1-2H3/t26-,27-,28-,30+,31+,32-,33-,34-,35+/m0/s1. The van der Waals surface area contributed by atoms with Gasteiger partial charge >= 0.3 is 0 Å². The number of carbonyl (C=O) groups is 2. The summed E-state index contributed by atoms with van der Waals surface area (Å²) in [4.78, 5) is 25.9. The fraction of sp³-hybridized carbons (Fsp3) is 0.486. The summed E-state index contributed by atoms with van der Waals surface area (Å²) in [5.74, 6) is -0.246. The highest BCUT2D eigenvalue weighted by Crippen LogP contribution is 2.70. The number of hydrogen-bond acceptors (Lipinski definition) is 7. The molecule has 0 unspecified atom stereocenters. The van der Waals surface area contributed by atoms with Crippen molar-refractivity contribution in [1.29, 1.82) is 0 Å². The first-order valence-electron chi connectivity index (χ1n) is 15.1. The van der Waals surface area contributed by atoms with Crippen molar-refractivity contribution in [1.82, 2.24) is 0 Å². The van der Waals surface area contributed by atoms with Crippen molar-refractivity contribution >= 4 is 17.3 Å². The van der Waals surface area contributed by atoms with Crippen molar-refractivity contribution < 1.29 is 29.3 Å². The zero-order valence-electron chi connectivity index (χ0n) is 24.2. The van der Waals surface area contributed by atoms with Crippen molar-refractivity contribution in [3.63, 3.8) is 0 Å². The molecule has 4 N–H and O–H groups in total. The first-order chi connectivity index (χ1) is 20.1. The number of aliphatic hydroxyl groups is 2. The lowest BCUT2D eigenvalue weighted by molar-refractivity contribution is -0.201. The molecule has 9 atom stereocenters. The topological polar surface area (TPSA) is 119 Å². The third kappa shape index (κ3) is 3.87. The smallest absolute Gasteiger partial charge is 0.193 e. The van der Waals surface area contributed by atoms with E-state index in [1.807, 2.05) is 54.6 Å². The van der Waals surface area contributed by atoms with E-state index in [-0.39, 0.29) is 29.3 Å². The maximum Gasteiger partial charge on any atom is 0.193 e. The van der Waals surface area contributed by atoms with Crippen LogP contribution in [0, 0.1) is 28.6 Å². The molecule has 220 valence electrons. The van der Waals surface area contributed by atoms with Crippen molar-refractivity contribution in [2.45, 2.75) is 70.1 Å². The van der Waals surface area contributed by atoms with E-state index in [9.17, 15) is 19.8 Å². The van der Waals surface area contributed by atoms with Crippen LogP contribution in [0.15, 0.2) is 72.3 Å². The van der Waals surface area contributed by atoms with Crippen LogP contribution in [0.4, 0.5) is 5.69 Å². The second-order valence-corrected chi connectivity index (χ2v) is 13.5. The van der Waals surface area contributed by atoms with E-state index in [4.69, 9.17) is 15.2 Å². The minimum atomic E-state index is -1.35. The number of allylic oxidation sites excluding steroid dienone is 4. The fourth-order valence-corrected chi connectivity index (χ4v) is 9.57. The highest BCUT2D eigenvalue weighted by atomic mass is 16.7. The number of carbonyl (C=O) groups excluding carboxylic acids is 2. The Morgan fingerprint density at radius 2 is 1.90 bits per heavy atom.